The van der Waals surface area contributed by atoms with E-state index in [0.29, 0.717) is 5.69 Å². The second-order valence-corrected chi connectivity index (χ2v) is 6.85. The number of hydrogen-bond donors (Lipinski definition) is 3. The van der Waals surface area contributed by atoms with Gasteiger partial charge in [-0.05, 0) is 30.5 Å². The van der Waals surface area contributed by atoms with Gasteiger partial charge in [-0.15, -0.1) is 0 Å². The van der Waals surface area contributed by atoms with Crippen LogP contribution in [0.4, 0.5) is 20.3 Å². The van der Waals surface area contributed by atoms with E-state index in [9.17, 15) is 23.9 Å². The van der Waals surface area contributed by atoms with Crippen molar-refractivity contribution in [3.63, 3.8) is 0 Å². The number of aliphatic hydroxyl groups excluding tert-OH is 1. The Morgan fingerprint density at radius 2 is 2.00 bits per heavy atom. The summed E-state index contributed by atoms with van der Waals surface area (Å²) < 4.78 is 26.8. The maximum Gasteiger partial charge on any atom is 0.268 e. The molecule has 0 unspecified atom stereocenters. The number of hydrogen-bond acceptors (Lipinski definition) is 5. The molecule has 1 aliphatic rings. The number of anilines is 2. The van der Waals surface area contributed by atoms with Crippen LogP contribution in [0.15, 0.2) is 30.5 Å². The van der Waals surface area contributed by atoms with Crippen molar-refractivity contribution in [1.29, 1.82) is 5.26 Å². The molecule has 1 heterocycles. The number of halogens is 2. The Bertz CT molecular complexity index is 875. The molecule has 28 heavy (non-hydrogen) atoms. The minimum Gasteiger partial charge on any atom is -0.382 e. The number of primary amides is 1. The van der Waals surface area contributed by atoms with E-state index in [0.717, 1.165) is 25.7 Å². The van der Waals surface area contributed by atoms with Gasteiger partial charge in [-0.25, -0.2) is 8.78 Å². The number of nitrogens with two attached hydrogens (primary N) is 1. The summed E-state index contributed by atoms with van der Waals surface area (Å²) in [7, 11) is 0. The van der Waals surface area contributed by atoms with Crippen LogP contribution in [0, 0.1) is 17.2 Å². The van der Waals surface area contributed by atoms with E-state index in [1.807, 2.05) is 0 Å². The van der Waals surface area contributed by atoms with Gasteiger partial charge in [0, 0.05) is 11.9 Å². The zero-order chi connectivity index (χ0) is 20.3. The topological polar surface area (TPSA) is 117 Å². The number of benzene rings is 1. The second-order valence-electron chi connectivity index (χ2n) is 6.85. The highest BCUT2D eigenvalue weighted by molar-refractivity contribution is 5.98. The summed E-state index contributed by atoms with van der Waals surface area (Å²) >= 11 is 0. The maximum absolute atomic E-state index is 12.6. The molecule has 1 saturated carbocycles. The molecular formula is C19H21F2N5O2. The number of nitrogens with zero attached hydrogens (tertiary/aromatic N) is 3. The van der Waals surface area contributed by atoms with Crippen molar-refractivity contribution in [2.24, 2.45) is 11.7 Å². The maximum atomic E-state index is 12.6. The molecule has 2 aromatic rings. The standard InChI is InChI=1S/C19H21F2N5O2/c20-17(21)16(27)11-5-7-13(8-6-11)24-19-14(18(23)28)10-26(25-19)15-4-2-1-3-12(15)9-22/h5-8,10,12,15-17,27H,1-4H2,(H2,23,28)(H,24,25)/t12-,15+,16-/m1/s1. The van der Waals surface area contributed by atoms with Crippen LogP contribution >= 0.6 is 0 Å². The Balaban J connectivity index is 1.84. The van der Waals surface area contributed by atoms with Crippen LogP contribution in [-0.2, 0) is 0 Å². The van der Waals surface area contributed by atoms with Gasteiger partial charge < -0.3 is 16.2 Å². The Morgan fingerprint density at radius 1 is 1.32 bits per heavy atom. The number of carbonyl (C=O) groups is 1. The van der Waals surface area contributed by atoms with E-state index in [-0.39, 0.29) is 28.9 Å². The van der Waals surface area contributed by atoms with Gasteiger partial charge in [-0.1, -0.05) is 25.0 Å². The van der Waals surface area contributed by atoms with Gasteiger partial charge in [-0.2, -0.15) is 10.4 Å². The molecule has 1 aliphatic carbocycles. The molecule has 3 atom stereocenters. The highest BCUT2D eigenvalue weighted by Gasteiger charge is 2.29. The fraction of sp³-hybridized carbons (Fsp3) is 0.421. The minimum absolute atomic E-state index is 0.0836. The first-order chi connectivity index (χ1) is 13.4. The van der Waals surface area contributed by atoms with Crippen molar-refractivity contribution in [2.75, 3.05) is 5.32 Å². The third-order valence-electron chi connectivity index (χ3n) is 4.99. The molecule has 1 aromatic carbocycles. The van der Waals surface area contributed by atoms with Crippen LogP contribution in [0.25, 0.3) is 0 Å². The fourth-order valence-corrected chi connectivity index (χ4v) is 3.46. The molecule has 1 aromatic heterocycles. The van der Waals surface area contributed by atoms with E-state index in [1.165, 1.54) is 24.3 Å². The molecule has 7 nitrogen and oxygen atoms in total. The van der Waals surface area contributed by atoms with Crippen molar-refractivity contribution in [3.05, 3.63) is 41.6 Å². The van der Waals surface area contributed by atoms with Crippen molar-refractivity contribution < 1.29 is 18.7 Å². The zero-order valence-corrected chi connectivity index (χ0v) is 15.1. The Labute approximate surface area is 160 Å². The highest BCUT2D eigenvalue weighted by Crippen LogP contribution is 2.34. The summed E-state index contributed by atoms with van der Waals surface area (Å²) in [5.74, 6) is -0.614. The van der Waals surface area contributed by atoms with Crippen molar-refractivity contribution in [1.82, 2.24) is 9.78 Å². The predicted molar refractivity (Wildman–Crippen MR) is 98.0 cm³/mol. The highest BCUT2D eigenvalue weighted by atomic mass is 19.3. The second kappa shape index (κ2) is 8.35. The molecule has 0 saturated heterocycles. The van der Waals surface area contributed by atoms with Crippen LogP contribution in [0.3, 0.4) is 0 Å². The lowest BCUT2D eigenvalue weighted by Crippen LogP contribution is -2.22. The summed E-state index contributed by atoms with van der Waals surface area (Å²) in [5.41, 5.74) is 6.22. The summed E-state index contributed by atoms with van der Waals surface area (Å²) in [6, 6.07) is 7.92. The van der Waals surface area contributed by atoms with E-state index < -0.39 is 18.4 Å². The SMILES string of the molecule is N#C[C@H]1CCCC[C@@H]1n1cc(C(N)=O)c(Nc2ccc([C@@H](O)C(F)F)cc2)n1. The molecule has 148 valence electrons. The van der Waals surface area contributed by atoms with Crippen LogP contribution < -0.4 is 11.1 Å². The minimum atomic E-state index is -2.88. The molecule has 0 bridgehead atoms. The number of nitriles is 1. The Kier molecular flexibility index (Phi) is 5.90. The normalized spacial score (nSPS) is 20.5. The molecule has 1 fully saturated rings. The number of alkyl halides is 2. The number of nitrogens with one attached hydrogen (secondary N) is 1. The zero-order valence-electron chi connectivity index (χ0n) is 15.1. The molecule has 0 aliphatic heterocycles. The lowest BCUT2D eigenvalue weighted by atomic mass is 9.85. The van der Waals surface area contributed by atoms with Gasteiger partial charge in [-0.3, -0.25) is 9.48 Å². The third-order valence-corrected chi connectivity index (χ3v) is 4.99. The van der Waals surface area contributed by atoms with Gasteiger partial charge in [0.1, 0.15) is 11.7 Å². The van der Waals surface area contributed by atoms with E-state index in [2.05, 4.69) is 16.5 Å². The molecule has 9 heteroatoms. The number of amides is 1. The van der Waals surface area contributed by atoms with Gasteiger partial charge in [0.25, 0.3) is 12.3 Å². The van der Waals surface area contributed by atoms with E-state index in [4.69, 9.17) is 5.73 Å². The number of carbonyl (C=O) groups excluding carboxylic acids is 1. The summed E-state index contributed by atoms with van der Waals surface area (Å²) in [4.78, 5) is 11.8. The molecule has 0 radical (unpaired) electrons. The monoisotopic (exact) mass is 389 g/mol. The molecule has 1 amide bonds. The number of aromatic nitrogens is 2. The van der Waals surface area contributed by atoms with Crippen LogP contribution in [0.1, 0.15) is 53.8 Å². The van der Waals surface area contributed by atoms with Gasteiger partial charge in [0.2, 0.25) is 0 Å². The Hall–Kier alpha value is -2.99. The Morgan fingerprint density at radius 3 is 2.61 bits per heavy atom. The van der Waals surface area contributed by atoms with Gasteiger partial charge >= 0.3 is 0 Å². The first kappa shape index (κ1) is 19.8. The van der Waals surface area contributed by atoms with Crippen LogP contribution in [0.2, 0.25) is 0 Å². The quantitative estimate of drug-likeness (QED) is 0.701. The van der Waals surface area contributed by atoms with Gasteiger partial charge in [0.15, 0.2) is 5.82 Å². The fourth-order valence-electron chi connectivity index (χ4n) is 3.46. The third kappa shape index (κ3) is 4.12. The molecule has 0 spiro atoms. The average molecular weight is 389 g/mol. The molecular weight excluding hydrogens is 368 g/mol. The van der Waals surface area contributed by atoms with Crippen LogP contribution in [0.5, 0.6) is 0 Å². The first-order valence-corrected chi connectivity index (χ1v) is 9.02. The predicted octanol–water partition coefficient (Wildman–Crippen LogP) is 3.28. The molecule has 4 N–H and O–H groups in total. The largest absolute Gasteiger partial charge is 0.382 e. The number of aliphatic hydroxyl groups is 1. The smallest absolute Gasteiger partial charge is 0.268 e. The average Bonchev–Trinajstić information content (AvgIpc) is 3.11. The molecule has 3 rings (SSSR count). The van der Waals surface area contributed by atoms with Crippen molar-refractivity contribution in [2.45, 2.75) is 44.3 Å². The summed E-state index contributed by atoms with van der Waals surface area (Å²) in [5, 5.41) is 26.2. The van der Waals surface area contributed by atoms with Crippen molar-refractivity contribution >= 4 is 17.4 Å². The summed E-state index contributed by atoms with van der Waals surface area (Å²) in [6.07, 6.45) is 0.343. The first-order valence-electron chi connectivity index (χ1n) is 9.02. The lowest BCUT2D eigenvalue weighted by Gasteiger charge is -2.26. The van der Waals surface area contributed by atoms with E-state index >= 15 is 0 Å². The number of rotatable bonds is 6. The van der Waals surface area contributed by atoms with Crippen LogP contribution in [-0.4, -0.2) is 27.2 Å². The van der Waals surface area contributed by atoms with E-state index in [1.54, 1.807) is 10.9 Å². The van der Waals surface area contributed by atoms with Crippen molar-refractivity contribution in [3.8, 4) is 6.07 Å². The lowest BCUT2D eigenvalue weighted by molar-refractivity contribution is -0.00577. The van der Waals surface area contributed by atoms with Gasteiger partial charge in [0.05, 0.1) is 18.0 Å². The summed E-state index contributed by atoms with van der Waals surface area (Å²) in [6.45, 7) is 0.